The topological polar surface area (TPSA) is 15.3 Å². The maximum Gasteiger partial charge on any atom is 0.0110 e. The van der Waals surface area contributed by atoms with Crippen LogP contribution < -0.4 is 5.32 Å². The van der Waals surface area contributed by atoms with Gasteiger partial charge in [-0.05, 0) is 45.1 Å². The van der Waals surface area contributed by atoms with Crippen LogP contribution in [0, 0.1) is 5.92 Å². The first-order valence-electron chi connectivity index (χ1n) is 8.11. The normalized spacial score (nSPS) is 19.0. The van der Waals surface area contributed by atoms with E-state index < -0.39 is 0 Å². The summed E-state index contributed by atoms with van der Waals surface area (Å²) in [7, 11) is 0. The van der Waals surface area contributed by atoms with Gasteiger partial charge in [0.1, 0.15) is 0 Å². The predicted octanol–water partition coefficient (Wildman–Crippen LogP) is 3.67. The molecule has 2 heteroatoms. The second-order valence-electron chi connectivity index (χ2n) is 6.42. The second-order valence-corrected chi connectivity index (χ2v) is 6.42. The van der Waals surface area contributed by atoms with Crippen LogP contribution in [0.25, 0.3) is 0 Å². The van der Waals surface area contributed by atoms with Gasteiger partial charge in [-0.2, -0.15) is 0 Å². The third-order valence-corrected chi connectivity index (χ3v) is 4.34. The Balaban J connectivity index is 2.29. The van der Waals surface area contributed by atoms with Gasteiger partial charge in [0, 0.05) is 25.2 Å². The highest BCUT2D eigenvalue weighted by Crippen LogP contribution is 2.23. The zero-order chi connectivity index (χ0) is 13.4. The van der Waals surface area contributed by atoms with E-state index in [9.17, 15) is 0 Å². The van der Waals surface area contributed by atoms with Crippen LogP contribution in [-0.4, -0.2) is 36.6 Å². The number of nitrogens with one attached hydrogen (secondary N) is 1. The van der Waals surface area contributed by atoms with Crippen molar-refractivity contribution < 1.29 is 0 Å². The van der Waals surface area contributed by atoms with Crippen molar-refractivity contribution in [3.05, 3.63) is 0 Å². The van der Waals surface area contributed by atoms with Crippen LogP contribution in [0.2, 0.25) is 0 Å². The summed E-state index contributed by atoms with van der Waals surface area (Å²) in [6.07, 6.45) is 8.33. The highest BCUT2D eigenvalue weighted by Gasteiger charge is 2.22. The molecule has 0 amide bonds. The van der Waals surface area contributed by atoms with Gasteiger partial charge in [0.05, 0.1) is 0 Å². The standard InChI is InChI=1S/C16H34N2/c1-5-15(4)17-11-13-18(12-10-14(2)3)16-8-6-7-9-16/h14-17H,5-13H2,1-4H3. The third-order valence-electron chi connectivity index (χ3n) is 4.34. The Kier molecular flexibility index (Phi) is 7.92. The van der Waals surface area contributed by atoms with Crippen molar-refractivity contribution in [2.45, 2.75) is 78.3 Å². The van der Waals surface area contributed by atoms with E-state index in [1.807, 2.05) is 0 Å². The molecule has 1 atom stereocenters. The van der Waals surface area contributed by atoms with Crippen molar-refractivity contribution in [1.82, 2.24) is 10.2 Å². The molecule has 0 spiro atoms. The fraction of sp³-hybridized carbons (Fsp3) is 1.00. The first kappa shape index (κ1) is 16.0. The van der Waals surface area contributed by atoms with Crippen molar-refractivity contribution >= 4 is 0 Å². The Hall–Kier alpha value is -0.0800. The first-order valence-corrected chi connectivity index (χ1v) is 8.11. The third kappa shape index (κ3) is 6.19. The molecule has 0 aromatic rings. The molecule has 1 fully saturated rings. The van der Waals surface area contributed by atoms with Gasteiger partial charge in [0.25, 0.3) is 0 Å². The van der Waals surface area contributed by atoms with Gasteiger partial charge >= 0.3 is 0 Å². The number of rotatable bonds is 9. The lowest BCUT2D eigenvalue weighted by Gasteiger charge is -2.30. The van der Waals surface area contributed by atoms with Crippen LogP contribution in [0.5, 0.6) is 0 Å². The lowest BCUT2D eigenvalue weighted by Crippen LogP contribution is -2.41. The molecule has 1 unspecified atom stereocenters. The summed E-state index contributed by atoms with van der Waals surface area (Å²) in [6, 6.07) is 1.54. The molecule has 1 N–H and O–H groups in total. The maximum atomic E-state index is 3.63. The van der Waals surface area contributed by atoms with E-state index >= 15 is 0 Å². The van der Waals surface area contributed by atoms with Crippen molar-refractivity contribution in [1.29, 1.82) is 0 Å². The molecular weight excluding hydrogens is 220 g/mol. The molecule has 0 saturated heterocycles. The van der Waals surface area contributed by atoms with Crippen LogP contribution in [0.4, 0.5) is 0 Å². The van der Waals surface area contributed by atoms with Gasteiger partial charge in [-0.3, -0.25) is 4.90 Å². The molecule has 108 valence electrons. The Morgan fingerprint density at radius 1 is 1.11 bits per heavy atom. The van der Waals surface area contributed by atoms with Gasteiger partial charge in [-0.25, -0.2) is 0 Å². The summed E-state index contributed by atoms with van der Waals surface area (Å²) in [5, 5.41) is 3.63. The van der Waals surface area contributed by atoms with Crippen LogP contribution in [0.1, 0.15) is 66.2 Å². The van der Waals surface area contributed by atoms with Crippen LogP contribution >= 0.6 is 0 Å². The van der Waals surface area contributed by atoms with Crippen molar-refractivity contribution in [2.24, 2.45) is 5.92 Å². The quantitative estimate of drug-likeness (QED) is 0.675. The molecule has 1 aliphatic rings. The largest absolute Gasteiger partial charge is 0.313 e. The lowest BCUT2D eigenvalue weighted by atomic mass is 10.1. The Morgan fingerprint density at radius 3 is 2.33 bits per heavy atom. The van der Waals surface area contributed by atoms with E-state index in [0.717, 1.165) is 18.5 Å². The monoisotopic (exact) mass is 254 g/mol. The average molecular weight is 254 g/mol. The number of hydrogen-bond donors (Lipinski definition) is 1. The van der Waals surface area contributed by atoms with E-state index in [4.69, 9.17) is 0 Å². The number of hydrogen-bond acceptors (Lipinski definition) is 2. The van der Waals surface area contributed by atoms with E-state index in [1.54, 1.807) is 0 Å². The molecule has 1 aliphatic carbocycles. The molecule has 1 saturated carbocycles. The molecule has 18 heavy (non-hydrogen) atoms. The summed E-state index contributed by atoms with van der Waals surface area (Å²) in [5.41, 5.74) is 0. The minimum Gasteiger partial charge on any atom is -0.313 e. The van der Waals surface area contributed by atoms with E-state index in [-0.39, 0.29) is 0 Å². The molecule has 0 heterocycles. The van der Waals surface area contributed by atoms with Gasteiger partial charge in [0.2, 0.25) is 0 Å². The minimum absolute atomic E-state index is 0.667. The first-order chi connectivity index (χ1) is 8.63. The number of nitrogens with zero attached hydrogens (tertiary/aromatic N) is 1. The van der Waals surface area contributed by atoms with Crippen molar-refractivity contribution in [2.75, 3.05) is 19.6 Å². The SMILES string of the molecule is CCC(C)NCCN(CCC(C)C)C1CCCC1. The molecule has 0 radical (unpaired) electrons. The molecule has 0 aromatic carbocycles. The van der Waals surface area contributed by atoms with Gasteiger partial charge in [-0.15, -0.1) is 0 Å². The summed E-state index contributed by atoms with van der Waals surface area (Å²) in [4.78, 5) is 2.75. The molecular formula is C16H34N2. The summed E-state index contributed by atoms with van der Waals surface area (Å²) in [6.45, 7) is 12.9. The zero-order valence-corrected chi connectivity index (χ0v) is 13.0. The van der Waals surface area contributed by atoms with E-state index in [2.05, 4.69) is 37.9 Å². The fourth-order valence-electron chi connectivity index (χ4n) is 2.77. The maximum absolute atomic E-state index is 3.63. The van der Waals surface area contributed by atoms with Crippen LogP contribution in [-0.2, 0) is 0 Å². The summed E-state index contributed by atoms with van der Waals surface area (Å²) in [5.74, 6) is 0.830. The van der Waals surface area contributed by atoms with E-state index in [0.29, 0.717) is 6.04 Å². The second kappa shape index (κ2) is 8.92. The molecule has 0 aliphatic heterocycles. The Labute approximate surface area is 115 Å². The van der Waals surface area contributed by atoms with Gasteiger partial charge in [0.15, 0.2) is 0 Å². The minimum atomic E-state index is 0.667. The smallest absolute Gasteiger partial charge is 0.0110 e. The predicted molar refractivity (Wildman–Crippen MR) is 81.0 cm³/mol. The highest BCUT2D eigenvalue weighted by molar-refractivity contribution is 4.78. The van der Waals surface area contributed by atoms with Crippen molar-refractivity contribution in [3.63, 3.8) is 0 Å². The van der Waals surface area contributed by atoms with Gasteiger partial charge < -0.3 is 5.32 Å². The summed E-state index contributed by atoms with van der Waals surface area (Å²) < 4.78 is 0. The zero-order valence-electron chi connectivity index (χ0n) is 13.0. The van der Waals surface area contributed by atoms with Gasteiger partial charge in [-0.1, -0.05) is 33.6 Å². The van der Waals surface area contributed by atoms with Crippen molar-refractivity contribution in [3.8, 4) is 0 Å². The van der Waals surface area contributed by atoms with Crippen LogP contribution in [0.3, 0.4) is 0 Å². The van der Waals surface area contributed by atoms with Crippen LogP contribution in [0.15, 0.2) is 0 Å². The summed E-state index contributed by atoms with van der Waals surface area (Å²) >= 11 is 0. The average Bonchev–Trinajstić information content (AvgIpc) is 2.86. The molecule has 2 nitrogen and oxygen atoms in total. The lowest BCUT2D eigenvalue weighted by molar-refractivity contribution is 0.187. The fourth-order valence-corrected chi connectivity index (χ4v) is 2.77. The molecule has 0 aromatic heterocycles. The Bertz CT molecular complexity index is 197. The Morgan fingerprint density at radius 2 is 1.78 bits per heavy atom. The highest BCUT2D eigenvalue weighted by atomic mass is 15.2. The van der Waals surface area contributed by atoms with E-state index in [1.165, 1.54) is 51.6 Å². The molecule has 1 rings (SSSR count). The molecule has 0 bridgehead atoms.